The Hall–Kier alpha value is -2.47. The van der Waals surface area contributed by atoms with Crippen molar-refractivity contribution in [2.24, 2.45) is 0 Å². The second-order valence-electron chi connectivity index (χ2n) is 6.11. The second kappa shape index (κ2) is 8.76. The van der Waals surface area contributed by atoms with Crippen LogP contribution in [0.5, 0.6) is 0 Å². The zero-order chi connectivity index (χ0) is 18.4. The molecule has 0 spiro atoms. The first-order valence-corrected chi connectivity index (χ1v) is 9.48. The number of pyridine rings is 1. The molecular formula is C20H22BrN5. The van der Waals surface area contributed by atoms with Crippen LogP contribution in [-0.4, -0.2) is 21.0 Å². The first-order chi connectivity index (χ1) is 12.6. The molecule has 0 unspecified atom stereocenters. The summed E-state index contributed by atoms with van der Waals surface area (Å²) in [6, 6.07) is 16.2. The predicted octanol–water partition coefficient (Wildman–Crippen LogP) is 5.12. The monoisotopic (exact) mass is 411 g/mol. The number of halogens is 1. The zero-order valence-electron chi connectivity index (χ0n) is 14.9. The molecule has 1 atom stereocenters. The lowest BCUT2D eigenvalue weighted by molar-refractivity contribution is 0.753. The first-order valence-electron chi connectivity index (χ1n) is 8.69. The Kier molecular flexibility index (Phi) is 6.17. The minimum atomic E-state index is 0.298. The number of hydrogen-bond donors (Lipinski definition) is 2. The smallest absolute Gasteiger partial charge is 0.225 e. The summed E-state index contributed by atoms with van der Waals surface area (Å²) >= 11 is 3.51. The van der Waals surface area contributed by atoms with E-state index >= 15 is 0 Å². The number of hydrogen-bond acceptors (Lipinski definition) is 5. The summed E-state index contributed by atoms with van der Waals surface area (Å²) < 4.78 is 1.06. The van der Waals surface area contributed by atoms with Gasteiger partial charge in [-0.3, -0.25) is 4.98 Å². The van der Waals surface area contributed by atoms with Crippen LogP contribution in [0.1, 0.15) is 25.8 Å². The zero-order valence-corrected chi connectivity index (χ0v) is 16.5. The molecule has 0 saturated heterocycles. The number of nitrogens with one attached hydrogen (secondary N) is 2. The van der Waals surface area contributed by atoms with E-state index in [1.165, 1.54) is 5.56 Å². The largest absolute Gasteiger partial charge is 0.366 e. The lowest BCUT2D eigenvalue weighted by Gasteiger charge is -2.14. The van der Waals surface area contributed by atoms with Crippen molar-refractivity contribution in [2.75, 3.05) is 10.6 Å². The molecule has 134 valence electrons. The highest BCUT2D eigenvalue weighted by Gasteiger charge is 2.09. The van der Waals surface area contributed by atoms with Crippen LogP contribution in [0, 0.1) is 0 Å². The number of rotatable bonds is 7. The Balaban J connectivity index is 1.86. The van der Waals surface area contributed by atoms with Gasteiger partial charge in [0.1, 0.15) is 5.82 Å². The normalized spacial score (nSPS) is 11.8. The molecule has 0 fully saturated rings. The van der Waals surface area contributed by atoms with Crippen molar-refractivity contribution in [3.05, 3.63) is 64.8 Å². The van der Waals surface area contributed by atoms with E-state index in [9.17, 15) is 0 Å². The van der Waals surface area contributed by atoms with Crippen molar-refractivity contribution in [1.82, 2.24) is 15.0 Å². The van der Waals surface area contributed by atoms with Crippen LogP contribution < -0.4 is 10.6 Å². The van der Waals surface area contributed by atoms with Gasteiger partial charge >= 0.3 is 0 Å². The minimum absolute atomic E-state index is 0.298. The van der Waals surface area contributed by atoms with Crippen molar-refractivity contribution in [1.29, 1.82) is 0 Å². The average molecular weight is 412 g/mol. The van der Waals surface area contributed by atoms with Crippen molar-refractivity contribution in [2.45, 2.75) is 32.9 Å². The van der Waals surface area contributed by atoms with Gasteiger partial charge in [0.05, 0.1) is 11.4 Å². The van der Waals surface area contributed by atoms with E-state index in [1.807, 2.05) is 36.4 Å². The summed E-state index contributed by atoms with van der Waals surface area (Å²) in [5.74, 6) is 1.38. The molecule has 0 radical (unpaired) electrons. The van der Waals surface area contributed by atoms with Gasteiger partial charge in [0.2, 0.25) is 5.95 Å². The third-order valence-electron chi connectivity index (χ3n) is 4.00. The van der Waals surface area contributed by atoms with Gasteiger partial charge in [-0.2, -0.15) is 4.98 Å². The summed E-state index contributed by atoms with van der Waals surface area (Å²) in [7, 11) is 0. The molecule has 3 rings (SSSR count). The SMILES string of the molecule is CC[C@@H](C)Nc1nc(NCc2cccc(Br)c2)cc(-c2ccccn2)n1. The molecule has 0 amide bonds. The van der Waals surface area contributed by atoms with Gasteiger partial charge in [-0.1, -0.05) is 41.1 Å². The van der Waals surface area contributed by atoms with Crippen LogP contribution in [0.15, 0.2) is 59.2 Å². The second-order valence-corrected chi connectivity index (χ2v) is 7.03. The minimum Gasteiger partial charge on any atom is -0.366 e. The Morgan fingerprint density at radius 3 is 2.65 bits per heavy atom. The average Bonchev–Trinajstić information content (AvgIpc) is 2.67. The molecule has 0 aliphatic carbocycles. The summed E-state index contributed by atoms with van der Waals surface area (Å²) in [5, 5.41) is 6.74. The molecule has 0 aliphatic heterocycles. The third-order valence-corrected chi connectivity index (χ3v) is 4.50. The van der Waals surface area contributed by atoms with Crippen molar-refractivity contribution in [3.63, 3.8) is 0 Å². The molecule has 5 nitrogen and oxygen atoms in total. The number of aromatic nitrogens is 3. The Morgan fingerprint density at radius 1 is 1.04 bits per heavy atom. The number of anilines is 2. The Morgan fingerprint density at radius 2 is 1.92 bits per heavy atom. The maximum atomic E-state index is 4.63. The van der Waals surface area contributed by atoms with Gasteiger partial charge in [0.25, 0.3) is 0 Å². The Bertz CT molecular complexity index is 854. The van der Waals surface area contributed by atoms with Crippen LogP contribution in [0.4, 0.5) is 11.8 Å². The highest BCUT2D eigenvalue weighted by molar-refractivity contribution is 9.10. The molecule has 0 saturated carbocycles. The van der Waals surface area contributed by atoms with Crippen LogP contribution in [0.3, 0.4) is 0 Å². The molecule has 6 heteroatoms. The van der Waals surface area contributed by atoms with E-state index in [2.05, 4.69) is 67.5 Å². The standard InChI is InChI=1S/C20H22BrN5/c1-3-14(2)24-20-25-18(17-9-4-5-10-22-17)12-19(26-20)23-13-15-7-6-8-16(21)11-15/h4-12,14H,3,13H2,1-2H3,(H2,23,24,25,26)/t14-/m1/s1. The van der Waals surface area contributed by atoms with E-state index in [4.69, 9.17) is 0 Å². The van der Waals surface area contributed by atoms with Gasteiger partial charge in [-0.05, 0) is 43.2 Å². The third kappa shape index (κ3) is 5.02. The highest BCUT2D eigenvalue weighted by Crippen LogP contribution is 2.21. The summed E-state index contributed by atoms with van der Waals surface area (Å²) in [6.45, 7) is 4.93. The van der Waals surface area contributed by atoms with E-state index < -0.39 is 0 Å². The van der Waals surface area contributed by atoms with E-state index in [0.717, 1.165) is 28.1 Å². The van der Waals surface area contributed by atoms with Crippen LogP contribution >= 0.6 is 15.9 Å². The molecule has 0 aliphatic rings. The van der Waals surface area contributed by atoms with Crippen molar-refractivity contribution < 1.29 is 0 Å². The van der Waals surface area contributed by atoms with Crippen LogP contribution in [-0.2, 0) is 6.54 Å². The highest BCUT2D eigenvalue weighted by atomic mass is 79.9. The quantitative estimate of drug-likeness (QED) is 0.564. The van der Waals surface area contributed by atoms with Crippen molar-refractivity contribution in [3.8, 4) is 11.4 Å². The van der Waals surface area contributed by atoms with Gasteiger partial charge < -0.3 is 10.6 Å². The van der Waals surface area contributed by atoms with E-state index in [-0.39, 0.29) is 0 Å². The molecule has 2 aromatic heterocycles. The van der Waals surface area contributed by atoms with Crippen LogP contribution in [0.25, 0.3) is 11.4 Å². The molecule has 2 heterocycles. The lowest BCUT2D eigenvalue weighted by Crippen LogP contribution is -2.16. The Labute approximate surface area is 162 Å². The fourth-order valence-corrected chi connectivity index (χ4v) is 2.86. The first kappa shape index (κ1) is 18.3. The number of benzene rings is 1. The predicted molar refractivity (Wildman–Crippen MR) is 110 cm³/mol. The molecule has 3 aromatic rings. The number of nitrogens with zero attached hydrogens (tertiary/aromatic N) is 3. The molecule has 2 N–H and O–H groups in total. The molecule has 26 heavy (non-hydrogen) atoms. The summed E-state index contributed by atoms with van der Waals surface area (Å²) in [4.78, 5) is 13.6. The lowest BCUT2D eigenvalue weighted by atomic mass is 10.2. The maximum Gasteiger partial charge on any atom is 0.225 e. The summed E-state index contributed by atoms with van der Waals surface area (Å²) in [5.41, 5.74) is 2.80. The summed E-state index contributed by atoms with van der Waals surface area (Å²) in [6.07, 6.45) is 2.77. The van der Waals surface area contributed by atoms with Crippen LogP contribution in [0.2, 0.25) is 0 Å². The fourth-order valence-electron chi connectivity index (χ4n) is 2.41. The van der Waals surface area contributed by atoms with Crippen molar-refractivity contribution >= 4 is 27.7 Å². The van der Waals surface area contributed by atoms with E-state index in [1.54, 1.807) is 6.20 Å². The topological polar surface area (TPSA) is 62.7 Å². The fraction of sp³-hybridized carbons (Fsp3) is 0.250. The molecule has 1 aromatic carbocycles. The van der Waals surface area contributed by atoms with E-state index in [0.29, 0.717) is 18.5 Å². The van der Waals surface area contributed by atoms with Gasteiger partial charge in [-0.15, -0.1) is 0 Å². The van der Waals surface area contributed by atoms with Gasteiger partial charge in [-0.25, -0.2) is 4.98 Å². The molecular weight excluding hydrogens is 390 g/mol. The van der Waals surface area contributed by atoms with Gasteiger partial charge in [0.15, 0.2) is 0 Å². The molecule has 0 bridgehead atoms. The maximum absolute atomic E-state index is 4.63. The van der Waals surface area contributed by atoms with Gasteiger partial charge in [0, 0.05) is 29.3 Å².